The third-order valence-corrected chi connectivity index (χ3v) is 2.61. The van der Waals surface area contributed by atoms with Gasteiger partial charge in [-0.1, -0.05) is 18.2 Å². The third-order valence-electron chi connectivity index (χ3n) is 2.61. The standard InChI is InChI=1S/C13H18O/c1-11-7-8-13(10-12(11)2)6-4-3-5-9-14/h7-10H,3-6H2,1-2H3. The Labute approximate surface area is 86.1 Å². The lowest BCUT2D eigenvalue weighted by atomic mass is 10.0. The first-order valence-electron chi connectivity index (χ1n) is 5.24. The molecule has 0 saturated heterocycles. The summed E-state index contributed by atoms with van der Waals surface area (Å²) in [6, 6.07) is 6.60. The Kier molecular flexibility index (Phi) is 4.37. The lowest BCUT2D eigenvalue weighted by Gasteiger charge is -2.04. The number of carbonyl (C=O) groups is 1. The Balaban J connectivity index is 2.43. The van der Waals surface area contributed by atoms with E-state index in [1.807, 2.05) is 0 Å². The molecule has 0 heterocycles. The zero-order valence-corrected chi connectivity index (χ0v) is 9.05. The van der Waals surface area contributed by atoms with Gasteiger partial charge in [0.15, 0.2) is 0 Å². The molecule has 1 aromatic rings. The zero-order chi connectivity index (χ0) is 10.4. The van der Waals surface area contributed by atoms with Crippen molar-refractivity contribution < 1.29 is 4.79 Å². The van der Waals surface area contributed by atoms with E-state index < -0.39 is 0 Å². The van der Waals surface area contributed by atoms with Gasteiger partial charge in [-0.2, -0.15) is 0 Å². The lowest BCUT2D eigenvalue weighted by Crippen LogP contribution is -1.89. The number of aldehydes is 1. The van der Waals surface area contributed by atoms with Gasteiger partial charge in [-0.25, -0.2) is 0 Å². The van der Waals surface area contributed by atoms with Crippen LogP contribution in [0.5, 0.6) is 0 Å². The van der Waals surface area contributed by atoms with Crippen LogP contribution < -0.4 is 0 Å². The molecule has 0 N–H and O–H groups in total. The molecule has 0 bridgehead atoms. The van der Waals surface area contributed by atoms with E-state index in [9.17, 15) is 4.79 Å². The van der Waals surface area contributed by atoms with Crippen LogP contribution in [-0.4, -0.2) is 6.29 Å². The van der Waals surface area contributed by atoms with E-state index in [4.69, 9.17) is 0 Å². The number of carbonyl (C=O) groups excluding carboxylic acids is 1. The maximum Gasteiger partial charge on any atom is 0.119 e. The minimum atomic E-state index is 0.699. The molecule has 1 heteroatoms. The van der Waals surface area contributed by atoms with Gasteiger partial charge in [0.2, 0.25) is 0 Å². The Hall–Kier alpha value is -1.11. The van der Waals surface area contributed by atoms with Crippen molar-refractivity contribution in [3.8, 4) is 0 Å². The number of aryl methyl sites for hydroxylation is 3. The number of hydrogen-bond acceptors (Lipinski definition) is 1. The second-order valence-corrected chi connectivity index (χ2v) is 3.83. The molecule has 1 nitrogen and oxygen atoms in total. The molecule has 0 aliphatic rings. The number of unbranched alkanes of at least 4 members (excludes halogenated alkanes) is 2. The van der Waals surface area contributed by atoms with Crippen molar-refractivity contribution in [3.05, 3.63) is 34.9 Å². The van der Waals surface area contributed by atoms with Gasteiger partial charge in [-0.3, -0.25) is 0 Å². The van der Waals surface area contributed by atoms with Crippen LogP contribution in [0.15, 0.2) is 18.2 Å². The van der Waals surface area contributed by atoms with Gasteiger partial charge >= 0.3 is 0 Å². The average molecular weight is 190 g/mol. The lowest BCUT2D eigenvalue weighted by molar-refractivity contribution is -0.107. The molecule has 0 unspecified atom stereocenters. The monoisotopic (exact) mass is 190 g/mol. The second-order valence-electron chi connectivity index (χ2n) is 3.83. The molecule has 1 rings (SSSR count). The highest BCUT2D eigenvalue weighted by Gasteiger charge is 1.96. The minimum absolute atomic E-state index is 0.699. The van der Waals surface area contributed by atoms with Gasteiger partial charge in [0, 0.05) is 6.42 Å². The quantitative estimate of drug-likeness (QED) is 0.514. The maximum absolute atomic E-state index is 10.1. The summed E-state index contributed by atoms with van der Waals surface area (Å²) in [4.78, 5) is 10.1. The van der Waals surface area contributed by atoms with Crippen LogP contribution in [0, 0.1) is 13.8 Å². The Morgan fingerprint density at radius 1 is 1.14 bits per heavy atom. The first kappa shape index (κ1) is 11.0. The van der Waals surface area contributed by atoms with Gasteiger partial charge in [-0.05, 0) is 49.8 Å². The van der Waals surface area contributed by atoms with Gasteiger partial charge in [-0.15, -0.1) is 0 Å². The van der Waals surface area contributed by atoms with Crippen LogP contribution in [0.2, 0.25) is 0 Å². The van der Waals surface area contributed by atoms with Gasteiger partial charge in [0.05, 0.1) is 0 Å². The molecule has 0 atom stereocenters. The van der Waals surface area contributed by atoms with Crippen molar-refractivity contribution in [3.63, 3.8) is 0 Å². The minimum Gasteiger partial charge on any atom is -0.303 e. The largest absolute Gasteiger partial charge is 0.303 e. The Morgan fingerprint density at radius 3 is 2.57 bits per heavy atom. The molecular formula is C13H18O. The van der Waals surface area contributed by atoms with Crippen LogP contribution >= 0.6 is 0 Å². The molecule has 0 fully saturated rings. The van der Waals surface area contributed by atoms with E-state index in [2.05, 4.69) is 32.0 Å². The van der Waals surface area contributed by atoms with Crippen LogP contribution in [0.25, 0.3) is 0 Å². The van der Waals surface area contributed by atoms with Gasteiger partial charge < -0.3 is 4.79 Å². The summed E-state index contributed by atoms with van der Waals surface area (Å²) < 4.78 is 0. The van der Waals surface area contributed by atoms with Crippen LogP contribution in [0.1, 0.15) is 36.0 Å². The fourth-order valence-electron chi connectivity index (χ4n) is 1.52. The van der Waals surface area contributed by atoms with Gasteiger partial charge in [0.1, 0.15) is 6.29 Å². The summed E-state index contributed by atoms with van der Waals surface area (Å²) in [5.41, 5.74) is 4.10. The van der Waals surface area contributed by atoms with Crippen molar-refractivity contribution >= 4 is 6.29 Å². The van der Waals surface area contributed by atoms with Crippen molar-refractivity contribution in [2.45, 2.75) is 39.5 Å². The van der Waals surface area contributed by atoms with E-state index in [0.717, 1.165) is 25.5 Å². The summed E-state index contributed by atoms with van der Waals surface area (Å²) in [5, 5.41) is 0. The molecule has 0 amide bonds. The first-order chi connectivity index (χ1) is 6.74. The molecule has 14 heavy (non-hydrogen) atoms. The first-order valence-corrected chi connectivity index (χ1v) is 5.24. The fraction of sp³-hybridized carbons (Fsp3) is 0.462. The SMILES string of the molecule is Cc1ccc(CCCCC=O)cc1C. The smallest absolute Gasteiger partial charge is 0.119 e. The summed E-state index contributed by atoms with van der Waals surface area (Å²) in [6.45, 7) is 4.27. The molecule has 0 radical (unpaired) electrons. The summed E-state index contributed by atoms with van der Waals surface area (Å²) in [7, 11) is 0. The highest BCUT2D eigenvalue weighted by Crippen LogP contribution is 2.12. The summed E-state index contributed by atoms with van der Waals surface area (Å²) >= 11 is 0. The Bertz CT molecular complexity index is 302. The number of rotatable bonds is 5. The fourth-order valence-corrected chi connectivity index (χ4v) is 1.52. The van der Waals surface area contributed by atoms with Crippen LogP contribution in [0.3, 0.4) is 0 Å². The topological polar surface area (TPSA) is 17.1 Å². The van der Waals surface area contributed by atoms with E-state index in [0.29, 0.717) is 6.42 Å². The summed E-state index contributed by atoms with van der Waals surface area (Å²) in [5.74, 6) is 0. The maximum atomic E-state index is 10.1. The highest BCUT2D eigenvalue weighted by molar-refractivity contribution is 5.48. The number of benzene rings is 1. The molecule has 76 valence electrons. The van der Waals surface area contributed by atoms with E-state index >= 15 is 0 Å². The van der Waals surface area contributed by atoms with Crippen molar-refractivity contribution in [1.82, 2.24) is 0 Å². The number of hydrogen-bond donors (Lipinski definition) is 0. The van der Waals surface area contributed by atoms with Crippen molar-refractivity contribution in [1.29, 1.82) is 0 Å². The Morgan fingerprint density at radius 2 is 1.93 bits per heavy atom. The predicted molar refractivity (Wildman–Crippen MR) is 59.5 cm³/mol. The average Bonchev–Trinajstić information content (AvgIpc) is 2.18. The molecule has 1 aromatic carbocycles. The molecule has 0 aromatic heterocycles. The predicted octanol–water partition coefficient (Wildman–Crippen LogP) is 3.22. The highest BCUT2D eigenvalue weighted by atomic mass is 16.1. The normalized spacial score (nSPS) is 10.1. The molecular weight excluding hydrogens is 172 g/mol. The molecule has 0 aliphatic heterocycles. The molecule has 0 saturated carbocycles. The van der Waals surface area contributed by atoms with Gasteiger partial charge in [0.25, 0.3) is 0 Å². The van der Waals surface area contributed by atoms with E-state index in [-0.39, 0.29) is 0 Å². The van der Waals surface area contributed by atoms with Crippen LogP contribution in [-0.2, 0) is 11.2 Å². The van der Waals surface area contributed by atoms with E-state index in [1.54, 1.807) is 0 Å². The molecule has 0 spiro atoms. The second kappa shape index (κ2) is 5.58. The van der Waals surface area contributed by atoms with E-state index in [1.165, 1.54) is 16.7 Å². The van der Waals surface area contributed by atoms with Crippen molar-refractivity contribution in [2.75, 3.05) is 0 Å². The van der Waals surface area contributed by atoms with Crippen LogP contribution in [0.4, 0.5) is 0 Å². The summed E-state index contributed by atoms with van der Waals surface area (Å²) in [6.07, 6.45) is 4.91. The molecule has 0 aliphatic carbocycles. The zero-order valence-electron chi connectivity index (χ0n) is 9.05. The van der Waals surface area contributed by atoms with Crippen molar-refractivity contribution in [2.24, 2.45) is 0 Å². The third kappa shape index (κ3) is 3.33.